The second kappa shape index (κ2) is 7.48. The van der Waals surface area contributed by atoms with Gasteiger partial charge in [-0.3, -0.25) is 4.90 Å². The van der Waals surface area contributed by atoms with E-state index in [4.69, 9.17) is 4.42 Å². The number of nitrogens with one attached hydrogen (secondary N) is 1. The van der Waals surface area contributed by atoms with Crippen LogP contribution >= 0.6 is 11.3 Å². The number of rotatable bonds is 8. The number of hydrogen-bond acceptors (Lipinski definition) is 4. The number of furan rings is 1. The normalized spacial score (nSPS) is 11.3. The molecule has 4 heteroatoms. The molecule has 0 saturated heterocycles. The van der Waals surface area contributed by atoms with E-state index >= 15 is 0 Å². The second-order valence-corrected chi connectivity index (χ2v) is 6.05. The maximum Gasteiger partial charge on any atom is 0.117 e. The largest absolute Gasteiger partial charge is 0.468 e. The van der Waals surface area contributed by atoms with Crippen molar-refractivity contribution in [3.8, 4) is 0 Å². The third-order valence-electron chi connectivity index (χ3n) is 2.87. The first-order chi connectivity index (χ1) is 9.28. The highest BCUT2D eigenvalue weighted by Gasteiger charge is 2.06. The van der Waals surface area contributed by atoms with Gasteiger partial charge in [0.15, 0.2) is 0 Å². The zero-order valence-electron chi connectivity index (χ0n) is 11.7. The van der Waals surface area contributed by atoms with Gasteiger partial charge in [0.05, 0.1) is 12.8 Å². The van der Waals surface area contributed by atoms with Crippen molar-refractivity contribution in [3.63, 3.8) is 0 Å². The molecule has 0 atom stereocenters. The molecule has 19 heavy (non-hydrogen) atoms. The first-order valence-corrected chi connectivity index (χ1v) is 7.59. The van der Waals surface area contributed by atoms with Gasteiger partial charge in [0.25, 0.3) is 0 Å². The van der Waals surface area contributed by atoms with E-state index in [0.717, 1.165) is 31.9 Å². The Bertz CT molecular complexity index is 464. The van der Waals surface area contributed by atoms with Crippen molar-refractivity contribution in [2.45, 2.75) is 33.0 Å². The number of nitrogens with zero attached hydrogens (tertiary/aromatic N) is 1. The molecule has 104 valence electrons. The van der Waals surface area contributed by atoms with Crippen LogP contribution in [0.5, 0.6) is 0 Å². The van der Waals surface area contributed by atoms with E-state index in [1.807, 2.05) is 23.5 Å². The fourth-order valence-corrected chi connectivity index (χ4v) is 3.05. The Balaban J connectivity index is 1.78. The smallest absolute Gasteiger partial charge is 0.117 e. The van der Waals surface area contributed by atoms with Crippen LogP contribution < -0.4 is 5.32 Å². The number of thiophene rings is 1. The molecule has 2 aromatic heterocycles. The Labute approximate surface area is 119 Å². The Morgan fingerprint density at radius 3 is 2.79 bits per heavy atom. The molecule has 0 aliphatic heterocycles. The van der Waals surface area contributed by atoms with Crippen molar-refractivity contribution in [2.24, 2.45) is 0 Å². The SMILES string of the molecule is CCCNCc1ccc(CN(C)Cc2ccco2)s1. The standard InChI is InChI=1S/C15H22N2OS/c1-3-8-16-10-14-6-7-15(19-14)12-17(2)11-13-5-4-9-18-13/h4-7,9,16H,3,8,10-12H2,1-2H3. The van der Waals surface area contributed by atoms with Crippen molar-refractivity contribution < 1.29 is 4.42 Å². The first-order valence-electron chi connectivity index (χ1n) is 6.77. The van der Waals surface area contributed by atoms with Crippen molar-refractivity contribution in [1.82, 2.24) is 10.2 Å². The van der Waals surface area contributed by atoms with Crippen LogP contribution in [0.15, 0.2) is 34.9 Å². The zero-order chi connectivity index (χ0) is 13.5. The van der Waals surface area contributed by atoms with Gasteiger partial charge in [-0.1, -0.05) is 6.92 Å². The molecule has 0 aliphatic rings. The summed E-state index contributed by atoms with van der Waals surface area (Å²) < 4.78 is 5.36. The molecular weight excluding hydrogens is 256 g/mol. The fraction of sp³-hybridized carbons (Fsp3) is 0.467. The van der Waals surface area contributed by atoms with Crippen molar-refractivity contribution >= 4 is 11.3 Å². The van der Waals surface area contributed by atoms with E-state index < -0.39 is 0 Å². The minimum atomic E-state index is 0.855. The van der Waals surface area contributed by atoms with Gasteiger partial charge in [0, 0.05) is 22.8 Å². The van der Waals surface area contributed by atoms with E-state index in [1.165, 1.54) is 16.2 Å². The minimum Gasteiger partial charge on any atom is -0.468 e. The monoisotopic (exact) mass is 278 g/mol. The van der Waals surface area contributed by atoms with Gasteiger partial charge in [-0.15, -0.1) is 11.3 Å². The molecule has 0 saturated carbocycles. The van der Waals surface area contributed by atoms with E-state index in [0.29, 0.717) is 0 Å². The minimum absolute atomic E-state index is 0.855. The van der Waals surface area contributed by atoms with Crippen molar-refractivity contribution in [3.05, 3.63) is 46.0 Å². The van der Waals surface area contributed by atoms with E-state index in [9.17, 15) is 0 Å². The van der Waals surface area contributed by atoms with E-state index in [1.54, 1.807) is 6.26 Å². The average Bonchev–Trinajstić information content (AvgIpc) is 3.02. The van der Waals surface area contributed by atoms with Crippen LogP contribution in [0, 0.1) is 0 Å². The van der Waals surface area contributed by atoms with Gasteiger partial charge in [-0.25, -0.2) is 0 Å². The Morgan fingerprint density at radius 2 is 2.05 bits per heavy atom. The molecule has 0 unspecified atom stereocenters. The summed E-state index contributed by atoms with van der Waals surface area (Å²) in [5, 5.41) is 3.44. The molecule has 0 aromatic carbocycles. The maximum atomic E-state index is 5.36. The lowest BCUT2D eigenvalue weighted by atomic mass is 10.3. The van der Waals surface area contributed by atoms with Crippen molar-refractivity contribution in [1.29, 1.82) is 0 Å². The highest BCUT2D eigenvalue weighted by atomic mass is 32.1. The topological polar surface area (TPSA) is 28.4 Å². The third kappa shape index (κ3) is 4.82. The van der Waals surface area contributed by atoms with Crippen LogP contribution in [0.1, 0.15) is 28.9 Å². The summed E-state index contributed by atoms with van der Waals surface area (Å²) in [4.78, 5) is 5.09. The lowest BCUT2D eigenvalue weighted by Gasteiger charge is -2.13. The van der Waals surface area contributed by atoms with Gasteiger partial charge >= 0.3 is 0 Å². The lowest BCUT2D eigenvalue weighted by molar-refractivity contribution is 0.290. The first kappa shape index (κ1) is 14.3. The molecule has 2 aromatic rings. The Kier molecular flexibility index (Phi) is 5.63. The predicted octanol–water partition coefficient (Wildman–Crippen LogP) is 3.47. The average molecular weight is 278 g/mol. The summed E-state index contributed by atoms with van der Waals surface area (Å²) in [5.74, 6) is 1.02. The molecule has 2 rings (SSSR count). The summed E-state index contributed by atoms with van der Waals surface area (Å²) in [5.41, 5.74) is 0. The van der Waals surface area contributed by atoms with Crippen LogP contribution in [-0.2, 0) is 19.6 Å². The summed E-state index contributed by atoms with van der Waals surface area (Å²) in [6.07, 6.45) is 2.91. The fourth-order valence-electron chi connectivity index (χ4n) is 1.98. The maximum absolute atomic E-state index is 5.36. The van der Waals surface area contributed by atoms with Crippen LogP contribution in [0.25, 0.3) is 0 Å². The quantitative estimate of drug-likeness (QED) is 0.749. The highest BCUT2D eigenvalue weighted by Crippen LogP contribution is 2.18. The second-order valence-electron chi connectivity index (χ2n) is 4.80. The zero-order valence-corrected chi connectivity index (χ0v) is 12.5. The molecule has 0 amide bonds. The van der Waals surface area contributed by atoms with Gasteiger partial charge in [0.1, 0.15) is 5.76 Å². The van der Waals surface area contributed by atoms with Crippen LogP contribution in [0.3, 0.4) is 0 Å². The van der Waals surface area contributed by atoms with Crippen LogP contribution in [-0.4, -0.2) is 18.5 Å². The molecular formula is C15H22N2OS. The van der Waals surface area contributed by atoms with Crippen LogP contribution in [0.2, 0.25) is 0 Å². The predicted molar refractivity (Wildman–Crippen MR) is 80.2 cm³/mol. The van der Waals surface area contributed by atoms with Gasteiger partial charge < -0.3 is 9.73 Å². The molecule has 0 aliphatic carbocycles. The molecule has 0 fully saturated rings. The molecule has 1 N–H and O–H groups in total. The van der Waals surface area contributed by atoms with Gasteiger partial charge in [-0.05, 0) is 44.3 Å². The van der Waals surface area contributed by atoms with Gasteiger partial charge in [-0.2, -0.15) is 0 Å². The molecule has 0 bridgehead atoms. The summed E-state index contributed by atoms with van der Waals surface area (Å²) >= 11 is 1.89. The lowest BCUT2D eigenvalue weighted by Crippen LogP contribution is -2.16. The van der Waals surface area contributed by atoms with Crippen LogP contribution in [0.4, 0.5) is 0 Å². The number of hydrogen-bond donors (Lipinski definition) is 1. The van der Waals surface area contributed by atoms with Crippen molar-refractivity contribution in [2.75, 3.05) is 13.6 Å². The Morgan fingerprint density at radius 1 is 1.21 bits per heavy atom. The summed E-state index contributed by atoms with van der Waals surface area (Å²) in [6, 6.07) is 8.41. The summed E-state index contributed by atoms with van der Waals surface area (Å²) in [6.45, 7) is 6.09. The highest BCUT2D eigenvalue weighted by molar-refractivity contribution is 7.11. The molecule has 3 nitrogen and oxygen atoms in total. The Hall–Kier alpha value is -1.10. The molecule has 0 spiro atoms. The van der Waals surface area contributed by atoms with E-state index in [2.05, 4.69) is 36.3 Å². The molecule has 2 heterocycles. The van der Waals surface area contributed by atoms with E-state index in [-0.39, 0.29) is 0 Å². The summed E-state index contributed by atoms with van der Waals surface area (Å²) in [7, 11) is 2.12. The van der Waals surface area contributed by atoms with Gasteiger partial charge in [0.2, 0.25) is 0 Å². The molecule has 0 radical (unpaired) electrons. The third-order valence-corrected chi connectivity index (χ3v) is 3.94.